The van der Waals surface area contributed by atoms with E-state index in [1.165, 1.54) is 6.33 Å². The molecule has 0 aliphatic carbocycles. The second-order valence-electron chi connectivity index (χ2n) is 3.38. The first-order chi connectivity index (χ1) is 7.66. The van der Waals surface area contributed by atoms with Gasteiger partial charge in [-0.1, -0.05) is 11.6 Å². The maximum atomic E-state index is 10.5. The zero-order valence-electron chi connectivity index (χ0n) is 8.35. The maximum absolute atomic E-state index is 10.5. The zero-order valence-corrected chi connectivity index (χ0v) is 9.11. The van der Waals surface area contributed by atoms with Gasteiger partial charge in [-0.15, -0.1) is 0 Å². The van der Waals surface area contributed by atoms with E-state index in [4.69, 9.17) is 16.7 Å². The van der Waals surface area contributed by atoms with Crippen LogP contribution in [0.3, 0.4) is 0 Å². The lowest BCUT2D eigenvalue weighted by Gasteiger charge is -2.03. The zero-order chi connectivity index (χ0) is 11.5. The molecule has 1 aromatic heterocycles. The predicted octanol–water partition coefficient (Wildman–Crippen LogP) is 2.30. The Hall–Kier alpha value is -1.68. The third kappa shape index (κ3) is 2.28. The Balaban J connectivity index is 2.41. The standard InChI is InChI=1S/C11H9ClN2O2/c12-7-1-2-8-9(3-4-11(15)16)13-6-14-10(8)5-7/h1-2,5-6H,3-4H2,(H,15,16). The van der Waals surface area contributed by atoms with Gasteiger partial charge in [0.15, 0.2) is 0 Å². The van der Waals surface area contributed by atoms with Crippen molar-refractivity contribution in [2.75, 3.05) is 0 Å². The first kappa shape index (κ1) is 10.8. The molecule has 0 amide bonds. The van der Waals surface area contributed by atoms with Crippen LogP contribution in [0.1, 0.15) is 12.1 Å². The molecular weight excluding hydrogens is 228 g/mol. The molecule has 16 heavy (non-hydrogen) atoms. The smallest absolute Gasteiger partial charge is 0.303 e. The van der Waals surface area contributed by atoms with Gasteiger partial charge in [0.1, 0.15) is 6.33 Å². The van der Waals surface area contributed by atoms with Gasteiger partial charge in [0.25, 0.3) is 0 Å². The fourth-order valence-electron chi connectivity index (χ4n) is 1.51. The van der Waals surface area contributed by atoms with Crippen molar-refractivity contribution in [2.24, 2.45) is 0 Å². The molecule has 1 heterocycles. The highest BCUT2D eigenvalue weighted by atomic mass is 35.5. The van der Waals surface area contributed by atoms with Crippen LogP contribution in [-0.4, -0.2) is 21.0 Å². The number of carboxylic acid groups (broad SMARTS) is 1. The van der Waals surface area contributed by atoms with Gasteiger partial charge in [0.05, 0.1) is 17.6 Å². The Morgan fingerprint density at radius 1 is 1.38 bits per heavy atom. The lowest BCUT2D eigenvalue weighted by atomic mass is 10.1. The van der Waals surface area contributed by atoms with E-state index >= 15 is 0 Å². The lowest BCUT2D eigenvalue weighted by Crippen LogP contribution is -2.00. The molecular formula is C11H9ClN2O2. The van der Waals surface area contributed by atoms with Crippen LogP contribution in [0.25, 0.3) is 10.9 Å². The largest absolute Gasteiger partial charge is 0.481 e. The number of nitrogens with zero attached hydrogens (tertiary/aromatic N) is 2. The fraction of sp³-hybridized carbons (Fsp3) is 0.182. The van der Waals surface area contributed by atoms with E-state index in [9.17, 15) is 4.79 Å². The average Bonchev–Trinajstić information content (AvgIpc) is 2.25. The van der Waals surface area contributed by atoms with E-state index in [1.54, 1.807) is 12.1 Å². The van der Waals surface area contributed by atoms with Crippen LogP contribution >= 0.6 is 11.6 Å². The van der Waals surface area contributed by atoms with E-state index in [2.05, 4.69) is 9.97 Å². The summed E-state index contributed by atoms with van der Waals surface area (Å²) < 4.78 is 0. The van der Waals surface area contributed by atoms with Crippen molar-refractivity contribution in [3.63, 3.8) is 0 Å². The molecule has 1 N–H and O–H groups in total. The molecule has 2 rings (SSSR count). The molecule has 0 aliphatic rings. The number of fused-ring (bicyclic) bond motifs is 1. The molecule has 0 atom stereocenters. The highest BCUT2D eigenvalue weighted by molar-refractivity contribution is 6.31. The van der Waals surface area contributed by atoms with E-state index in [0.717, 1.165) is 16.6 Å². The summed E-state index contributed by atoms with van der Waals surface area (Å²) in [6.07, 6.45) is 1.89. The van der Waals surface area contributed by atoms with E-state index < -0.39 is 5.97 Å². The van der Waals surface area contributed by atoms with Crippen LogP contribution < -0.4 is 0 Å². The van der Waals surface area contributed by atoms with Gasteiger partial charge < -0.3 is 5.11 Å². The average molecular weight is 237 g/mol. The molecule has 0 saturated carbocycles. The first-order valence-electron chi connectivity index (χ1n) is 4.78. The molecule has 0 bridgehead atoms. The fourth-order valence-corrected chi connectivity index (χ4v) is 1.68. The molecule has 82 valence electrons. The topological polar surface area (TPSA) is 63.1 Å². The van der Waals surface area contributed by atoms with Crippen molar-refractivity contribution in [1.29, 1.82) is 0 Å². The molecule has 0 spiro atoms. The minimum atomic E-state index is -0.833. The van der Waals surface area contributed by atoms with Crippen molar-refractivity contribution in [2.45, 2.75) is 12.8 Å². The third-order valence-electron chi connectivity index (χ3n) is 2.26. The number of halogens is 1. The summed E-state index contributed by atoms with van der Waals surface area (Å²) in [7, 11) is 0. The van der Waals surface area contributed by atoms with E-state index in [-0.39, 0.29) is 6.42 Å². The number of aliphatic carboxylic acids is 1. The highest BCUT2D eigenvalue weighted by Gasteiger charge is 2.06. The van der Waals surface area contributed by atoms with Crippen molar-refractivity contribution in [1.82, 2.24) is 9.97 Å². The van der Waals surface area contributed by atoms with Gasteiger partial charge in [-0.05, 0) is 18.2 Å². The van der Waals surface area contributed by atoms with Crippen LogP contribution in [0.4, 0.5) is 0 Å². The molecule has 2 aromatic rings. The number of carboxylic acids is 1. The number of benzene rings is 1. The SMILES string of the molecule is O=C(O)CCc1ncnc2cc(Cl)ccc12. The molecule has 0 radical (unpaired) electrons. The second-order valence-corrected chi connectivity index (χ2v) is 3.81. The normalized spacial score (nSPS) is 10.6. The molecule has 1 aromatic carbocycles. The van der Waals surface area contributed by atoms with Gasteiger partial charge in [0, 0.05) is 16.8 Å². The number of carbonyl (C=O) groups is 1. The number of aryl methyl sites for hydroxylation is 1. The molecule has 0 aliphatic heterocycles. The molecule has 5 heteroatoms. The summed E-state index contributed by atoms with van der Waals surface area (Å²) in [5.74, 6) is -0.833. The molecule has 0 unspecified atom stereocenters. The van der Waals surface area contributed by atoms with E-state index in [0.29, 0.717) is 11.4 Å². The number of hydrogen-bond donors (Lipinski definition) is 1. The molecule has 0 fully saturated rings. The van der Waals surface area contributed by atoms with Gasteiger partial charge in [0.2, 0.25) is 0 Å². The Labute approximate surface area is 96.9 Å². The van der Waals surface area contributed by atoms with Crippen molar-refractivity contribution in [3.8, 4) is 0 Å². The lowest BCUT2D eigenvalue weighted by molar-refractivity contribution is -0.136. The van der Waals surface area contributed by atoms with E-state index in [1.807, 2.05) is 6.07 Å². The minimum Gasteiger partial charge on any atom is -0.481 e. The van der Waals surface area contributed by atoms with Crippen molar-refractivity contribution in [3.05, 3.63) is 35.2 Å². The summed E-state index contributed by atoms with van der Waals surface area (Å²) in [4.78, 5) is 18.7. The Morgan fingerprint density at radius 2 is 2.19 bits per heavy atom. The van der Waals surface area contributed by atoms with Gasteiger partial charge in [-0.2, -0.15) is 0 Å². The van der Waals surface area contributed by atoms with Crippen LogP contribution in [0.5, 0.6) is 0 Å². The van der Waals surface area contributed by atoms with Crippen molar-refractivity contribution >= 4 is 28.5 Å². The summed E-state index contributed by atoms with van der Waals surface area (Å²) in [5, 5.41) is 10.1. The molecule has 0 saturated heterocycles. The predicted molar refractivity (Wildman–Crippen MR) is 60.5 cm³/mol. The quantitative estimate of drug-likeness (QED) is 0.888. The summed E-state index contributed by atoms with van der Waals surface area (Å²) in [6.45, 7) is 0. The summed E-state index contributed by atoms with van der Waals surface area (Å²) in [6, 6.07) is 5.30. The molecule has 4 nitrogen and oxygen atoms in total. The second kappa shape index (κ2) is 4.45. The van der Waals surface area contributed by atoms with Crippen LogP contribution in [-0.2, 0) is 11.2 Å². The van der Waals surface area contributed by atoms with Crippen LogP contribution in [0, 0.1) is 0 Å². The highest BCUT2D eigenvalue weighted by Crippen LogP contribution is 2.20. The Kier molecular flexibility index (Phi) is 3.01. The number of aromatic nitrogens is 2. The number of hydrogen-bond acceptors (Lipinski definition) is 3. The Morgan fingerprint density at radius 3 is 2.94 bits per heavy atom. The van der Waals surface area contributed by atoms with Gasteiger partial charge in [-0.25, -0.2) is 9.97 Å². The third-order valence-corrected chi connectivity index (χ3v) is 2.49. The first-order valence-corrected chi connectivity index (χ1v) is 5.15. The van der Waals surface area contributed by atoms with Crippen LogP contribution in [0.15, 0.2) is 24.5 Å². The Bertz CT molecular complexity index is 542. The summed E-state index contributed by atoms with van der Waals surface area (Å²) in [5.41, 5.74) is 1.48. The van der Waals surface area contributed by atoms with Gasteiger partial charge >= 0.3 is 5.97 Å². The maximum Gasteiger partial charge on any atom is 0.303 e. The van der Waals surface area contributed by atoms with Crippen molar-refractivity contribution < 1.29 is 9.90 Å². The van der Waals surface area contributed by atoms with Gasteiger partial charge in [-0.3, -0.25) is 4.79 Å². The minimum absolute atomic E-state index is 0.0642. The van der Waals surface area contributed by atoms with Crippen LogP contribution in [0.2, 0.25) is 5.02 Å². The monoisotopic (exact) mass is 236 g/mol. The number of rotatable bonds is 3. The summed E-state index contributed by atoms with van der Waals surface area (Å²) >= 11 is 5.84.